The van der Waals surface area contributed by atoms with Crippen molar-refractivity contribution in [3.63, 3.8) is 0 Å². The van der Waals surface area contributed by atoms with Crippen molar-refractivity contribution in [3.05, 3.63) is 0 Å². The van der Waals surface area contributed by atoms with Crippen LogP contribution in [0.4, 0.5) is 0 Å². The molecule has 0 atom stereocenters. The second kappa shape index (κ2) is 5.29. The zero-order valence-electron chi connectivity index (χ0n) is 9.06. The van der Waals surface area contributed by atoms with E-state index < -0.39 is 21.7 Å². The molecule has 1 amide bonds. The lowest BCUT2D eigenvalue weighted by Gasteiger charge is -2.22. The fourth-order valence-corrected chi connectivity index (χ4v) is 2.97. The summed E-state index contributed by atoms with van der Waals surface area (Å²) in [6.07, 6.45) is 0.709. The number of amides is 1. The number of hydrogen-bond acceptors (Lipinski definition) is 5. The molecular formula is C9H15NO5S. The summed E-state index contributed by atoms with van der Waals surface area (Å²) in [5.41, 5.74) is 0. The summed E-state index contributed by atoms with van der Waals surface area (Å²) in [5.74, 6) is -1.61. The molecule has 1 fully saturated rings. The van der Waals surface area contributed by atoms with Crippen molar-refractivity contribution in [1.82, 2.24) is 5.32 Å². The summed E-state index contributed by atoms with van der Waals surface area (Å²) >= 11 is 0. The molecule has 6 nitrogen and oxygen atoms in total. The Labute approximate surface area is 94.3 Å². The molecule has 0 radical (unpaired) electrons. The lowest BCUT2D eigenvalue weighted by molar-refractivity contribution is -0.154. The molecule has 0 aromatic rings. The zero-order valence-corrected chi connectivity index (χ0v) is 9.88. The molecule has 7 heteroatoms. The molecule has 0 aromatic heterocycles. The highest BCUT2D eigenvalue weighted by atomic mass is 32.2. The summed E-state index contributed by atoms with van der Waals surface area (Å²) in [5, 5.41) is 2.46. The van der Waals surface area contributed by atoms with Gasteiger partial charge in [0.25, 0.3) is 0 Å². The molecule has 92 valence electrons. The van der Waals surface area contributed by atoms with Gasteiger partial charge < -0.3 is 10.1 Å². The number of ether oxygens (including phenoxy) is 1. The van der Waals surface area contributed by atoms with Gasteiger partial charge in [-0.05, 0) is 19.8 Å². The summed E-state index contributed by atoms with van der Waals surface area (Å²) in [4.78, 5) is 22.2. The molecule has 1 heterocycles. The quantitative estimate of drug-likeness (QED) is 0.513. The largest absolute Gasteiger partial charge is 0.459 e. The van der Waals surface area contributed by atoms with Crippen LogP contribution < -0.4 is 5.32 Å². The van der Waals surface area contributed by atoms with Crippen molar-refractivity contribution in [1.29, 1.82) is 0 Å². The maximum absolute atomic E-state index is 11.2. The van der Waals surface area contributed by atoms with E-state index in [4.69, 9.17) is 0 Å². The lowest BCUT2D eigenvalue weighted by atomic mass is 10.1. The van der Waals surface area contributed by atoms with Gasteiger partial charge in [0.1, 0.15) is 9.84 Å². The number of esters is 1. The number of carbonyl (C=O) groups is 2. The van der Waals surface area contributed by atoms with E-state index in [1.165, 1.54) is 0 Å². The van der Waals surface area contributed by atoms with Gasteiger partial charge in [-0.2, -0.15) is 0 Å². The Kier molecular flexibility index (Phi) is 4.28. The first-order valence-corrected chi connectivity index (χ1v) is 6.95. The Balaban J connectivity index is 2.39. The fraction of sp³-hybridized carbons (Fsp3) is 0.778. The molecule has 0 aliphatic carbocycles. The maximum Gasteiger partial charge on any atom is 0.396 e. The molecule has 0 unspecified atom stereocenters. The van der Waals surface area contributed by atoms with E-state index in [1.54, 1.807) is 6.92 Å². The van der Waals surface area contributed by atoms with Gasteiger partial charge in [0, 0.05) is 6.04 Å². The molecule has 1 aliphatic rings. The summed E-state index contributed by atoms with van der Waals surface area (Å²) in [7, 11) is -2.95. The fourth-order valence-electron chi connectivity index (χ4n) is 1.48. The van der Waals surface area contributed by atoms with Crippen molar-refractivity contribution in [2.45, 2.75) is 25.8 Å². The smallest absolute Gasteiger partial charge is 0.396 e. The average molecular weight is 249 g/mol. The third-order valence-corrected chi connectivity index (χ3v) is 4.07. The second-order valence-electron chi connectivity index (χ2n) is 3.62. The van der Waals surface area contributed by atoms with E-state index >= 15 is 0 Å². The van der Waals surface area contributed by atoms with E-state index in [-0.39, 0.29) is 24.2 Å². The van der Waals surface area contributed by atoms with Crippen LogP contribution in [-0.2, 0) is 24.2 Å². The van der Waals surface area contributed by atoms with Gasteiger partial charge in [0.2, 0.25) is 0 Å². The molecule has 1 aliphatic heterocycles. The van der Waals surface area contributed by atoms with Crippen LogP contribution >= 0.6 is 0 Å². The number of nitrogens with one attached hydrogen (secondary N) is 1. The highest BCUT2D eigenvalue weighted by Gasteiger charge is 2.26. The minimum absolute atomic E-state index is 0.0563. The van der Waals surface area contributed by atoms with Crippen LogP contribution in [0.5, 0.6) is 0 Å². The molecule has 0 aromatic carbocycles. The van der Waals surface area contributed by atoms with Crippen LogP contribution in [0.25, 0.3) is 0 Å². The minimum atomic E-state index is -2.95. The minimum Gasteiger partial charge on any atom is -0.459 e. The van der Waals surface area contributed by atoms with Gasteiger partial charge in [0.05, 0.1) is 18.1 Å². The Morgan fingerprint density at radius 1 is 1.31 bits per heavy atom. The van der Waals surface area contributed by atoms with Crippen LogP contribution in [0.3, 0.4) is 0 Å². The number of hydrogen-bond donors (Lipinski definition) is 1. The van der Waals surface area contributed by atoms with E-state index in [9.17, 15) is 18.0 Å². The van der Waals surface area contributed by atoms with E-state index in [0.717, 1.165) is 0 Å². The first kappa shape index (κ1) is 13.0. The van der Waals surface area contributed by atoms with Crippen molar-refractivity contribution in [2.75, 3.05) is 18.1 Å². The van der Waals surface area contributed by atoms with Gasteiger partial charge in [-0.25, -0.2) is 13.2 Å². The van der Waals surface area contributed by atoms with Crippen LogP contribution in [0.1, 0.15) is 19.8 Å². The van der Waals surface area contributed by atoms with Crippen molar-refractivity contribution >= 4 is 21.7 Å². The average Bonchev–Trinajstić information content (AvgIpc) is 2.21. The number of rotatable bonds is 2. The van der Waals surface area contributed by atoms with Gasteiger partial charge in [-0.3, -0.25) is 4.79 Å². The normalized spacial score (nSPS) is 20.1. The van der Waals surface area contributed by atoms with Gasteiger partial charge in [-0.1, -0.05) is 0 Å². The first-order chi connectivity index (χ1) is 7.44. The third-order valence-electron chi connectivity index (χ3n) is 2.35. The summed E-state index contributed by atoms with van der Waals surface area (Å²) in [6, 6.07) is -0.250. The number of sulfone groups is 1. The molecule has 0 saturated carbocycles. The van der Waals surface area contributed by atoms with Crippen LogP contribution in [-0.4, -0.2) is 44.4 Å². The number of carbonyl (C=O) groups excluding carboxylic acids is 2. The van der Waals surface area contributed by atoms with Crippen molar-refractivity contribution in [3.8, 4) is 0 Å². The standard InChI is InChI=1S/C9H15NO5S/c1-2-15-9(12)8(11)10-7-3-5-16(13,14)6-4-7/h7H,2-6H2,1H3,(H,10,11). The zero-order chi connectivity index (χ0) is 12.2. The highest BCUT2D eigenvalue weighted by Crippen LogP contribution is 2.11. The monoisotopic (exact) mass is 249 g/mol. The Morgan fingerprint density at radius 3 is 2.38 bits per heavy atom. The van der Waals surface area contributed by atoms with E-state index in [2.05, 4.69) is 10.1 Å². The summed E-state index contributed by atoms with van der Waals surface area (Å²) in [6.45, 7) is 1.75. The molecule has 1 N–H and O–H groups in total. The molecule has 0 spiro atoms. The first-order valence-electron chi connectivity index (χ1n) is 5.12. The van der Waals surface area contributed by atoms with Gasteiger partial charge in [0.15, 0.2) is 0 Å². The maximum atomic E-state index is 11.2. The molecule has 16 heavy (non-hydrogen) atoms. The SMILES string of the molecule is CCOC(=O)C(=O)NC1CCS(=O)(=O)CC1. The Bertz CT molecular complexity index is 361. The Morgan fingerprint density at radius 2 is 1.88 bits per heavy atom. The van der Waals surface area contributed by atoms with Gasteiger partial charge in [-0.15, -0.1) is 0 Å². The topological polar surface area (TPSA) is 89.5 Å². The predicted octanol–water partition coefficient (Wildman–Crippen LogP) is -0.757. The molecular weight excluding hydrogens is 234 g/mol. The van der Waals surface area contributed by atoms with Crippen LogP contribution in [0.2, 0.25) is 0 Å². The Hall–Kier alpha value is -1.11. The van der Waals surface area contributed by atoms with Crippen LogP contribution in [0, 0.1) is 0 Å². The van der Waals surface area contributed by atoms with E-state index in [1.807, 2.05) is 0 Å². The van der Waals surface area contributed by atoms with E-state index in [0.29, 0.717) is 12.8 Å². The summed E-state index contributed by atoms with van der Waals surface area (Å²) < 4.78 is 26.7. The van der Waals surface area contributed by atoms with Gasteiger partial charge >= 0.3 is 11.9 Å². The third kappa shape index (κ3) is 3.80. The molecule has 1 saturated heterocycles. The lowest BCUT2D eigenvalue weighted by Crippen LogP contribution is -2.44. The highest BCUT2D eigenvalue weighted by molar-refractivity contribution is 7.91. The predicted molar refractivity (Wildman–Crippen MR) is 56.5 cm³/mol. The molecule has 1 rings (SSSR count). The van der Waals surface area contributed by atoms with Crippen molar-refractivity contribution in [2.24, 2.45) is 0 Å². The second-order valence-corrected chi connectivity index (χ2v) is 5.92. The van der Waals surface area contributed by atoms with Crippen LogP contribution in [0.15, 0.2) is 0 Å². The molecule has 0 bridgehead atoms. The van der Waals surface area contributed by atoms with Crippen molar-refractivity contribution < 1.29 is 22.7 Å².